The average molecular weight is 232 g/mol. The molecule has 14 heavy (non-hydrogen) atoms. The van der Waals surface area contributed by atoms with Crippen LogP contribution in [0.1, 0.15) is 20.8 Å². The van der Waals surface area contributed by atoms with Gasteiger partial charge in [0.25, 0.3) is 0 Å². The highest BCUT2D eigenvalue weighted by molar-refractivity contribution is 7.98. The maximum absolute atomic E-state index is 5.89. The van der Waals surface area contributed by atoms with Crippen LogP contribution >= 0.6 is 23.4 Å². The van der Waals surface area contributed by atoms with E-state index in [9.17, 15) is 0 Å². The summed E-state index contributed by atoms with van der Waals surface area (Å²) in [5.74, 6) is 0.617. The van der Waals surface area contributed by atoms with Gasteiger partial charge in [-0.2, -0.15) is 0 Å². The molecule has 78 valence electrons. The highest BCUT2D eigenvalue weighted by atomic mass is 35.5. The smallest absolute Gasteiger partial charge is 0.224 e. The molecule has 0 saturated heterocycles. The lowest BCUT2D eigenvalue weighted by Gasteiger charge is -2.20. The van der Waals surface area contributed by atoms with Gasteiger partial charge in [-0.25, -0.2) is 9.97 Å². The van der Waals surface area contributed by atoms with Crippen molar-refractivity contribution in [2.45, 2.75) is 31.3 Å². The van der Waals surface area contributed by atoms with Crippen LogP contribution in [0.2, 0.25) is 5.02 Å². The highest BCUT2D eigenvalue weighted by Crippen LogP contribution is 2.23. The second kappa shape index (κ2) is 4.36. The van der Waals surface area contributed by atoms with Crippen molar-refractivity contribution in [3.8, 4) is 0 Å². The molecule has 0 aliphatic rings. The molecular formula is C9H14ClN3S. The Labute approximate surface area is 93.7 Å². The van der Waals surface area contributed by atoms with Crippen molar-refractivity contribution >= 4 is 29.3 Å². The molecule has 0 unspecified atom stereocenters. The third kappa shape index (κ3) is 3.35. The van der Waals surface area contributed by atoms with Crippen LogP contribution in [0.4, 0.5) is 5.95 Å². The van der Waals surface area contributed by atoms with E-state index >= 15 is 0 Å². The summed E-state index contributed by atoms with van der Waals surface area (Å²) in [4.78, 5) is 8.39. The molecule has 0 bridgehead atoms. The van der Waals surface area contributed by atoms with Crippen molar-refractivity contribution in [3.63, 3.8) is 0 Å². The Morgan fingerprint density at radius 3 is 2.57 bits per heavy atom. The first kappa shape index (κ1) is 11.6. The first-order valence-corrected chi connectivity index (χ1v) is 5.87. The minimum absolute atomic E-state index is 0.0382. The number of thioether (sulfide) groups is 1. The maximum Gasteiger partial charge on any atom is 0.224 e. The number of aromatic nitrogens is 2. The standard InChI is InChI=1S/C9H14ClN3S/c1-9(2,3)13-8-11-5-6(10)7(12-8)14-4/h5H,1-4H3,(H,11,12,13). The van der Waals surface area contributed by atoms with Crippen molar-refractivity contribution in [1.29, 1.82) is 0 Å². The summed E-state index contributed by atoms with van der Waals surface area (Å²) >= 11 is 7.41. The van der Waals surface area contributed by atoms with Gasteiger partial charge in [0.15, 0.2) is 0 Å². The summed E-state index contributed by atoms with van der Waals surface area (Å²) < 4.78 is 0. The van der Waals surface area contributed by atoms with E-state index in [1.165, 1.54) is 11.8 Å². The summed E-state index contributed by atoms with van der Waals surface area (Å²) in [6, 6.07) is 0. The zero-order chi connectivity index (χ0) is 10.8. The normalized spacial score (nSPS) is 11.5. The molecule has 0 atom stereocenters. The van der Waals surface area contributed by atoms with Gasteiger partial charge >= 0.3 is 0 Å². The van der Waals surface area contributed by atoms with E-state index in [4.69, 9.17) is 11.6 Å². The number of anilines is 1. The van der Waals surface area contributed by atoms with Crippen LogP contribution in [0.15, 0.2) is 11.2 Å². The van der Waals surface area contributed by atoms with Crippen molar-refractivity contribution in [3.05, 3.63) is 11.2 Å². The third-order valence-corrected chi connectivity index (χ3v) is 2.48. The van der Waals surface area contributed by atoms with Crippen LogP contribution in [0.25, 0.3) is 0 Å². The van der Waals surface area contributed by atoms with Gasteiger partial charge in [0.05, 0.1) is 11.2 Å². The minimum Gasteiger partial charge on any atom is -0.350 e. The van der Waals surface area contributed by atoms with E-state index in [2.05, 4.69) is 36.1 Å². The van der Waals surface area contributed by atoms with Crippen molar-refractivity contribution < 1.29 is 0 Å². The zero-order valence-electron chi connectivity index (χ0n) is 8.76. The van der Waals surface area contributed by atoms with Gasteiger partial charge in [-0.15, -0.1) is 11.8 Å². The molecule has 1 rings (SSSR count). The fourth-order valence-corrected chi connectivity index (χ4v) is 1.64. The van der Waals surface area contributed by atoms with E-state index in [-0.39, 0.29) is 5.54 Å². The first-order valence-electron chi connectivity index (χ1n) is 4.27. The second-order valence-electron chi connectivity index (χ2n) is 3.93. The van der Waals surface area contributed by atoms with E-state index < -0.39 is 0 Å². The topological polar surface area (TPSA) is 37.8 Å². The molecule has 0 aromatic carbocycles. The maximum atomic E-state index is 5.89. The number of hydrogen-bond acceptors (Lipinski definition) is 4. The molecule has 0 fully saturated rings. The lowest BCUT2D eigenvalue weighted by Crippen LogP contribution is -2.27. The lowest BCUT2D eigenvalue weighted by molar-refractivity contribution is 0.624. The number of halogens is 1. The molecule has 0 aliphatic heterocycles. The molecule has 1 aromatic heterocycles. The number of rotatable bonds is 2. The third-order valence-electron chi connectivity index (χ3n) is 1.39. The SMILES string of the molecule is CSc1nc(NC(C)(C)C)ncc1Cl. The van der Waals surface area contributed by atoms with E-state index in [1.54, 1.807) is 6.20 Å². The van der Waals surface area contributed by atoms with Crippen molar-refractivity contribution in [2.24, 2.45) is 0 Å². The molecule has 5 heteroatoms. The first-order chi connectivity index (χ1) is 6.42. The molecule has 1 N–H and O–H groups in total. The largest absolute Gasteiger partial charge is 0.350 e. The van der Waals surface area contributed by atoms with Gasteiger partial charge in [0.1, 0.15) is 5.03 Å². The second-order valence-corrected chi connectivity index (χ2v) is 5.13. The average Bonchev–Trinajstić information content (AvgIpc) is 2.06. The van der Waals surface area contributed by atoms with E-state index in [0.717, 1.165) is 5.03 Å². The molecule has 3 nitrogen and oxygen atoms in total. The van der Waals surface area contributed by atoms with E-state index in [1.807, 2.05) is 6.26 Å². The molecular weight excluding hydrogens is 218 g/mol. The summed E-state index contributed by atoms with van der Waals surface area (Å²) in [7, 11) is 0. The van der Waals surface area contributed by atoms with Crippen LogP contribution in [0.5, 0.6) is 0 Å². The van der Waals surface area contributed by atoms with Crippen LogP contribution in [-0.4, -0.2) is 21.8 Å². The van der Waals surface area contributed by atoms with Gasteiger partial charge in [-0.3, -0.25) is 0 Å². The Balaban J connectivity index is 2.90. The zero-order valence-corrected chi connectivity index (χ0v) is 10.3. The molecule has 0 saturated carbocycles. The van der Waals surface area contributed by atoms with Gasteiger partial charge < -0.3 is 5.32 Å². The van der Waals surface area contributed by atoms with Gasteiger partial charge in [0.2, 0.25) is 5.95 Å². The Morgan fingerprint density at radius 1 is 1.43 bits per heavy atom. The van der Waals surface area contributed by atoms with Gasteiger partial charge in [-0.1, -0.05) is 11.6 Å². The number of nitrogens with one attached hydrogen (secondary N) is 1. The Hall–Kier alpha value is -0.480. The summed E-state index contributed by atoms with van der Waals surface area (Å²) in [6.07, 6.45) is 3.56. The highest BCUT2D eigenvalue weighted by Gasteiger charge is 2.12. The molecule has 0 radical (unpaired) electrons. The molecule has 0 spiro atoms. The van der Waals surface area contributed by atoms with Crippen LogP contribution in [0.3, 0.4) is 0 Å². The predicted molar refractivity (Wildman–Crippen MR) is 62.2 cm³/mol. The van der Waals surface area contributed by atoms with Gasteiger partial charge in [0, 0.05) is 5.54 Å². The monoisotopic (exact) mass is 231 g/mol. The number of nitrogens with zero attached hydrogens (tertiary/aromatic N) is 2. The summed E-state index contributed by atoms with van der Waals surface area (Å²) in [6.45, 7) is 6.18. The lowest BCUT2D eigenvalue weighted by atomic mass is 10.1. The van der Waals surface area contributed by atoms with Crippen LogP contribution in [0, 0.1) is 0 Å². The van der Waals surface area contributed by atoms with Crippen LogP contribution < -0.4 is 5.32 Å². The fraction of sp³-hybridized carbons (Fsp3) is 0.556. The Morgan fingerprint density at radius 2 is 2.07 bits per heavy atom. The molecule has 1 aromatic rings. The number of hydrogen-bond donors (Lipinski definition) is 1. The van der Waals surface area contributed by atoms with Crippen LogP contribution in [-0.2, 0) is 0 Å². The van der Waals surface area contributed by atoms with E-state index in [0.29, 0.717) is 11.0 Å². The van der Waals surface area contributed by atoms with Crippen molar-refractivity contribution in [1.82, 2.24) is 9.97 Å². The Bertz CT molecular complexity index is 322. The fourth-order valence-electron chi connectivity index (χ4n) is 0.890. The minimum atomic E-state index is -0.0382. The van der Waals surface area contributed by atoms with Gasteiger partial charge in [-0.05, 0) is 27.0 Å². The summed E-state index contributed by atoms with van der Waals surface area (Å²) in [5, 5.41) is 4.58. The van der Waals surface area contributed by atoms with Crippen molar-refractivity contribution in [2.75, 3.05) is 11.6 Å². The molecule has 1 heterocycles. The Kier molecular flexibility index (Phi) is 3.61. The summed E-state index contributed by atoms with van der Waals surface area (Å²) in [5.41, 5.74) is -0.0382. The predicted octanol–water partition coefficient (Wildman–Crippen LogP) is 3.06. The molecule has 0 aliphatic carbocycles. The molecule has 0 amide bonds. The quantitative estimate of drug-likeness (QED) is 0.627.